The highest BCUT2D eigenvalue weighted by Crippen LogP contribution is 2.63. The molecule has 0 N–H and O–H groups in total. The van der Waals surface area contributed by atoms with E-state index in [0.29, 0.717) is 0 Å². The van der Waals surface area contributed by atoms with Crippen LogP contribution in [0.25, 0.3) is 22.3 Å². The number of hydrogen-bond donors (Lipinski definition) is 0. The lowest BCUT2D eigenvalue weighted by Crippen LogP contribution is -2.14. The summed E-state index contributed by atoms with van der Waals surface area (Å²) in [6.07, 6.45) is 0. The number of halogens is 2. The molecule has 2 heteroatoms. The van der Waals surface area contributed by atoms with Gasteiger partial charge in [-0.3, -0.25) is 0 Å². The zero-order valence-corrected chi connectivity index (χ0v) is 20.0. The van der Waals surface area contributed by atoms with Gasteiger partial charge in [-0.1, -0.05) is 153 Å². The number of hydrogen-bond acceptors (Lipinski definition) is 0. The SMILES string of the molecule is BrC1(Br)C(c2ccccc2)=C(c2ccccc2)C(c2ccccc2)=C1c1ccccc1. The van der Waals surface area contributed by atoms with Crippen molar-refractivity contribution in [3.63, 3.8) is 0 Å². The first-order chi connectivity index (χ1) is 15.2. The van der Waals surface area contributed by atoms with Crippen LogP contribution in [0.4, 0.5) is 0 Å². The van der Waals surface area contributed by atoms with E-state index in [1.165, 1.54) is 44.5 Å². The molecule has 0 amide bonds. The van der Waals surface area contributed by atoms with Crippen molar-refractivity contribution in [2.75, 3.05) is 0 Å². The average Bonchev–Trinajstić information content (AvgIpc) is 3.08. The molecule has 0 atom stereocenters. The first kappa shape index (κ1) is 20.2. The molecule has 5 rings (SSSR count). The van der Waals surface area contributed by atoms with Crippen LogP contribution in [0.1, 0.15) is 22.3 Å². The fourth-order valence-corrected chi connectivity index (χ4v) is 6.05. The highest BCUT2D eigenvalue weighted by Gasteiger charge is 2.45. The average molecular weight is 528 g/mol. The zero-order valence-electron chi connectivity index (χ0n) is 16.8. The van der Waals surface area contributed by atoms with Gasteiger partial charge in [-0.25, -0.2) is 0 Å². The molecule has 0 unspecified atom stereocenters. The third kappa shape index (κ3) is 3.64. The van der Waals surface area contributed by atoms with Gasteiger partial charge in [0.1, 0.15) is 3.23 Å². The summed E-state index contributed by atoms with van der Waals surface area (Å²) in [5.74, 6) is 0. The van der Waals surface area contributed by atoms with E-state index < -0.39 is 3.23 Å². The van der Waals surface area contributed by atoms with Gasteiger partial charge in [0, 0.05) is 0 Å². The lowest BCUT2D eigenvalue weighted by molar-refractivity contribution is 1.40. The molecular weight excluding hydrogens is 508 g/mol. The summed E-state index contributed by atoms with van der Waals surface area (Å²) in [5.41, 5.74) is 9.71. The van der Waals surface area contributed by atoms with Crippen LogP contribution in [-0.4, -0.2) is 3.23 Å². The lowest BCUT2D eigenvalue weighted by Gasteiger charge is -2.24. The molecule has 0 bridgehead atoms. The fourth-order valence-electron chi connectivity index (χ4n) is 4.34. The highest BCUT2D eigenvalue weighted by atomic mass is 79.9. The summed E-state index contributed by atoms with van der Waals surface area (Å²) in [7, 11) is 0. The van der Waals surface area contributed by atoms with Crippen molar-refractivity contribution >= 4 is 54.2 Å². The first-order valence-electron chi connectivity index (χ1n) is 10.3. The van der Waals surface area contributed by atoms with Crippen LogP contribution < -0.4 is 0 Å². The summed E-state index contributed by atoms with van der Waals surface area (Å²) >= 11 is 8.25. The van der Waals surface area contributed by atoms with Crippen molar-refractivity contribution in [2.24, 2.45) is 0 Å². The van der Waals surface area contributed by atoms with E-state index >= 15 is 0 Å². The largest absolute Gasteiger partial charge is 0.133 e. The zero-order chi connectivity index (χ0) is 21.3. The number of allylic oxidation sites excluding steroid dienone is 4. The summed E-state index contributed by atoms with van der Waals surface area (Å²) < 4.78 is -0.529. The predicted molar refractivity (Wildman–Crippen MR) is 140 cm³/mol. The molecule has 4 aromatic carbocycles. The Morgan fingerprint density at radius 2 is 0.613 bits per heavy atom. The molecule has 0 aromatic heterocycles. The standard InChI is InChI=1S/C29H20Br2/c30-29(31)27(23-17-9-3-10-18-23)25(21-13-5-1-6-14-21)26(22-15-7-2-8-16-22)28(29)24-19-11-4-12-20-24/h1-20H. The minimum absolute atomic E-state index is 0.529. The molecule has 0 aliphatic heterocycles. The molecule has 0 radical (unpaired) electrons. The maximum Gasteiger partial charge on any atom is 0.133 e. The third-order valence-corrected chi connectivity index (χ3v) is 7.21. The Morgan fingerprint density at radius 1 is 0.355 bits per heavy atom. The minimum atomic E-state index is -0.529. The number of alkyl halides is 2. The van der Waals surface area contributed by atoms with Crippen molar-refractivity contribution < 1.29 is 0 Å². The predicted octanol–water partition coefficient (Wildman–Crippen LogP) is 8.71. The maximum atomic E-state index is 4.13. The lowest BCUT2D eigenvalue weighted by atomic mass is 9.89. The number of rotatable bonds is 4. The van der Waals surface area contributed by atoms with Gasteiger partial charge in [0.15, 0.2) is 0 Å². The van der Waals surface area contributed by atoms with E-state index in [1.54, 1.807) is 0 Å². The molecule has 0 heterocycles. The summed E-state index contributed by atoms with van der Waals surface area (Å²) in [4.78, 5) is 0. The van der Waals surface area contributed by atoms with Gasteiger partial charge < -0.3 is 0 Å². The summed E-state index contributed by atoms with van der Waals surface area (Å²) in [6, 6.07) is 42.7. The molecule has 0 spiro atoms. The van der Waals surface area contributed by atoms with Crippen LogP contribution in [0, 0.1) is 0 Å². The van der Waals surface area contributed by atoms with Gasteiger partial charge in [-0.05, 0) is 44.5 Å². The Balaban J connectivity index is 1.92. The molecule has 0 saturated heterocycles. The second kappa shape index (κ2) is 8.45. The Kier molecular flexibility index (Phi) is 5.52. The molecule has 1 aliphatic carbocycles. The smallest absolute Gasteiger partial charge is 0.0622 e. The van der Waals surface area contributed by atoms with Crippen molar-refractivity contribution in [2.45, 2.75) is 3.23 Å². The van der Waals surface area contributed by atoms with Crippen LogP contribution in [-0.2, 0) is 0 Å². The fraction of sp³-hybridized carbons (Fsp3) is 0.0345. The van der Waals surface area contributed by atoms with Gasteiger partial charge in [-0.15, -0.1) is 0 Å². The van der Waals surface area contributed by atoms with Gasteiger partial charge in [-0.2, -0.15) is 0 Å². The molecule has 150 valence electrons. The summed E-state index contributed by atoms with van der Waals surface area (Å²) in [6.45, 7) is 0. The van der Waals surface area contributed by atoms with E-state index in [1.807, 2.05) is 0 Å². The Morgan fingerprint density at radius 3 is 0.903 bits per heavy atom. The topological polar surface area (TPSA) is 0 Å². The van der Waals surface area contributed by atoms with E-state index in [9.17, 15) is 0 Å². The highest BCUT2D eigenvalue weighted by molar-refractivity contribution is 9.26. The molecule has 31 heavy (non-hydrogen) atoms. The monoisotopic (exact) mass is 526 g/mol. The molecule has 0 nitrogen and oxygen atoms in total. The van der Waals surface area contributed by atoms with Crippen molar-refractivity contribution in [1.29, 1.82) is 0 Å². The summed E-state index contributed by atoms with van der Waals surface area (Å²) in [5, 5.41) is 0. The molecule has 4 aromatic rings. The third-order valence-electron chi connectivity index (χ3n) is 5.63. The van der Waals surface area contributed by atoms with Crippen molar-refractivity contribution in [3.8, 4) is 0 Å². The first-order valence-corrected chi connectivity index (χ1v) is 11.9. The Hall–Kier alpha value is -2.68. The quantitative estimate of drug-likeness (QED) is 0.233. The van der Waals surface area contributed by atoms with Crippen molar-refractivity contribution in [3.05, 3.63) is 144 Å². The molecule has 0 fully saturated rings. The van der Waals surface area contributed by atoms with Crippen LogP contribution >= 0.6 is 31.9 Å². The van der Waals surface area contributed by atoms with Crippen LogP contribution in [0.2, 0.25) is 0 Å². The van der Waals surface area contributed by atoms with Crippen molar-refractivity contribution in [1.82, 2.24) is 0 Å². The Bertz CT molecular complexity index is 1150. The van der Waals surface area contributed by atoms with Gasteiger partial charge in [0.25, 0.3) is 0 Å². The van der Waals surface area contributed by atoms with Crippen LogP contribution in [0.3, 0.4) is 0 Å². The molecule has 1 aliphatic rings. The molecular formula is C29H20Br2. The van der Waals surface area contributed by atoms with E-state index in [2.05, 4.69) is 153 Å². The minimum Gasteiger partial charge on any atom is -0.0622 e. The van der Waals surface area contributed by atoms with Gasteiger partial charge >= 0.3 is 0 Å². The van der Waals surface area contributed by atoms with E-state index in [-0.39, 0.29) is 0 Å². The normalized spacial score (nSPS) is 15.4. The van der Waals surface area contributed by atoms with E-state index in [0.717, 1.165) is 0 Å². The van der Waals surface area contributed by atoms with Gasteiger partial charge in [0.2, 0.25) is 0 Å². The van der Waals surface area contributed by atoms with Crippen LogP contribution in [0.5, 0.6) is 0 Å². The second-order valence-electron chi connectivity index (χ2n) is 7.54. The molecule has 0 saturated carbocycles. The Labute approximate surface area is 200 Å². The maximum absolute atomic E-state index is 4.13. The second-order valence-corrected chi connectivity index (χ2v) is 11.0. The van der Waals surface area contributed by atoms with Gasteiger partial charge in [0.05, 0.1) is 0 Å². The van der Waals surface area contributed by atoms with E-state index in [4.69, 9.17) is 0 Å². The van der Waals surface area contributed by atoms with Crippen LogP contribution in [0.15, 0.2) is 121 Å². The number of benzene rings is 4.